The van der Waals surface area contributed by atoms with Gasteiger partial charge in [-0.05, 0) is 38.3 Å². The smallest absolute Gasteiger partial charge is 0.306 e. The Morgan fingerprint density at radius 1 is 1.53 bits per heavy atom. The topological polar surface area (TPSA) is 86.0 Å². The predicted octanol–water partition coefficient (Wildman–Crippen LogP) is 2.32. The van der Waals surface area contributed by atoms with Crippen molar-refractivity contribution in [3.05, 3.63) is 23.4 Å². The molecule has 0 spiro atoms. The van der Waals surface area contributed by atoms with Crippen LogP contribution < -0.4 is 5.32 Å². The lowest BCUT2D eigenvalue weighted by atomic mass is 9.86. The van der Waals surface area contributed by atoms with E-state index in [-0.39, 0.29) is 12.0 Å². The zero-order chi connectivity index (χ0) is 13.8. The molecule has 5 heteroatoms. The molecule has 0 aliphatic heterocycles. The number of aromatic nitrogens is 1. The van der Waals surface area contributed by atoms with E-state index in [1.165, 1.54) is 0 Å². The monoisotopic (exact) mass is 259 g/mol. The second-order valence-corrected chi connectivity index (χ2v) is 5.04. The minimum Gasteiger partial charge on any atom is -0.481 e. The van der Waals surface area contributed by atoms with Gasteiger partial charge < -0.3 is 10.4 Å². The summed E-state index contributed by atoms with van der Waals surface area (Å²) in [4.78, 5) is 15.4. The summed E-state index contributed by atoms with van der Waals surface area (Å²) >= 11 is 0. The first-order valence-corrected chi connectivity index (χ1v) is 6.46. The molecule has 100 valence electrons. The van der Waals surface area contributed by atoms with Gasteiger partial charge in [-0.3, -0.25) is 4.79 Å². The number of nitrogens with zero attached hydrogens (tertiary/aromatic N) is 2. The highest BCUT2D eigenvalue weighted by molar-refractivity contribution is 5.70. The van der Waals surface area contributed by atoms with Crippen LogP contribution >= 0.6 is 0 Å². The fourth-order valence-corrected chi connectivity index (χ4v) is 2.56. The summed E-state index contributed by atoms with van der Waals surface area (Å²) in [5, 5.41) is 21.2. The van der Waals surface area contributed by atoms with Crippen molar-refractivity contribution in [2.24, 2.45) is 5.92 Å². The first kappa shape index (κ1) is 13.3. The maximum absolute atomic E-state index is 11.0. The molecule has 0 radical (unpaired) electrons. The molecule has 1 aliphatic carbocycles. The number of carboxylic acids is 1. The van der Waals surface area contributed by atoms with Gasteiger partial charge >= 0.3 is 5.97 Å². The van der Waals surface area contributed by atoms with Gasteiger partial charge in [-0.2, -0.15) is 5.26 Å². The molecule has 2 atom stereocenters. The summed E-state index contributed by atoms with van der Waals surface area (Å²) in [5.74, 6) is -0.333. The third kappa shape index (κ3) is 3.44. The number of nitriles is 1. The molecule has 1 aliphatic rings. The lowest BCUT2D eigenvalue weighted by Crippen LogP contribution is -2.31. The SMILES string of the molecule is Cc1cc(C#N)cc(NC2CCCC(C(=O)O)C2)n1. The Balaban J connectivity index is 2.06. The van der Waals surface area contributed by atoms with E-state index >= 15 is 0 Å². The van der Waals surface area contributed by atoms with Crippen molar-refractivity contribution in [1.29, 1.82) is 5.26 Å². The maximum atomic E-state index is 11.0. The fraction of sp³-hybridized carbons (Fsp3) is 0.500. The van der Waals surface area contributed by atoms with E-state index < -0.39 is 5.97 Å². The molecule has 2 unspecified atom stereocenters. The third-order valence-corrected chi connectivity index (χ3v) is 3.46. The number of nitrogens with one attached hydrogen (secondary N) is 1. The standard InChI is InChI=1S/C14H17N3O2/c1-9-5-10(8-15)6-13(16-9)17-12-4-2-3-11(7-12)14(18)19/h5-6,11-12H,2-4,7H2,1H3,(H,16,17)(H,18,19). The van der Waals surface area contributed by atoms with Gasteiger partial charge in [0.2, 0.25) is 0 Å². The summed E-state index contributed by atoms with van der Waals surface area (Å²) < 4.78 is 0. The zero-order valence-electron chi connectivity index (χ0n) is 10.9. The Kier molecular flexibility index (Phi) is 4.00. The molecule has 1 aromatic rings. The van der Waals surface area contributed by atoms with Crippen LogP contribution in [-0.2, 0) is 4.79 Å². The normalized spacial score (nSPS) is 22.5. The van der Waals surface area contributed by atoms with E-state index in [2.05, 4.69) is 16.4 Å². The van der Waals surface area contributed by atoms with Crippen LogP contribution in [0.1, 0.15) is 36.9 Å². The molecule has 0 aromatic carbocycles. The second-order valence-electron chi connectivity index (χ2n) is 5.04. The average Bonchev–Trinajstić information content (AvgIpc) is 2.38. The van der Waals surface area contributed by atoms with Gasteiger partial charge in [0.05, 0.1) is 17.6 Å². The van der Waals surface area contributed by atoms with Crippen LogP contribution in [0.15, 0.2) is 12.1 Å². The fourth-order valence-electron chi connectivity index (χ4n) is 2.56. The lowest BCUT2D eigenvalue weighted by Gasteiger charge is -2.27. The van der Waals surface area contributed by atoms with Crippen LogP contribution in [0.25, 0.3) is 0 Å². The Morgan fingerprint density at radius 3 is 3.00 bits per heavy atom. The van der Waals surface area contributed by atoms with E-state index in [1.54, 1.807) is 12.1 Å². The van der Waals surface area contributed by atoms with Crippen molar-refractivity contribution in [3.8, 4) is 6.07 Å². The van der Waals surface area contributed by atoms with Crippen molar-refractivity contribution in [2.45, 2.75) is 38.6 Å². The van der Waals surface area contributed by atoms with Gasteiger partial charge in [0, 0.05) is 11.7 Å². The van der Waals surface area contributed by atoms with E-state index in [1.807, 2.05) is 6.92 Å². The number of hydrogen-bond acceptors (Lipinski definition) is 4. The molecule has 2 N–H and O–H groups in total. The molecule has 0 bridgehead atoms. The van der Waals surface area contributed by atoms with Crippen LogP contribution in [-0.4, -0.2) is 22.1 Å². The number of anilines is 1. The molecule has 2 rings (SSSR count). The minimum absolute atomic E-state index is 0.121. The van der Waals surface area contributed by atoms with E-state index in [4.69, 9.17) is 10.4 Å². The molecule has 0 saturated heterocycles. The van der Waals surface area contributed by atoms with Crippen LogP contribution in [0, 0.1) is 24.2 Å². The highest BCUT2D eigenvalue weighted by atomic mass is 16.4. The number of rotatable bonds is 3. The van der Waals surface area contributed by atoms with Gasteiger partial charge in [0.15, 0.2) is 0 Å². The molecule has 1 heterocycles. The summed E-state index contributed by atoms with van der Waals surface area (Å²) in [6.07, 6.45) is 3.22. The van der Waals surface area contributed by atoms with Crippen LogP contribution in [0.5, 0.6) is 0 Å². The van der Waals surface area contributed by atoms with Gasteiger partial charge in [-0.25, -0.2) is 4.98 Å². The Labute approximate surface area is 112 Å². The van der Waals surface area contributed by atoms with Crippen LogP contribution in [0.4, 0.5) is 5.82 Å². The third-order valence-electron chi connectivity index (χ3n) is 3.46. The van der Waals surface area contributed by atoms with Crippen molar-refractivity contribution in [2.75, 3.05) is 5.32 Å². The van der Waals surface area contributed by atoms with Gasteiger partial charge in [0.25, 0.3) is 0 Å². The highest BCUT2D eigenvalue weighted by Gasteiger charge is 2.27. The maximum Gasteiger partial charge on any atom is 0.306 e. The second kappa shape index (κ2) is 5.70. The molecule has 5 nitrogen and oxygen atoms in total. The number of aryl methyl sites for hydroxylation is 1. The number of aliphatic carboxylic acids is 1. The van der Waals surface area contributed by atoms with Crippen molar-refractivity contribution >= 4 is 11.8 Å². The van der Waals surface area contributed by atoms with Crippen molar-refractivity contribution in [1.82, 2.24) is 4.98 Å². The zero-order valence-corrected chi connectivity index (χ0v) is 10.9. The van der Waals surface area contributed by atoms with Crippen LogP contribution in [0.2, 0.25) is 0 Å². The van der Waals surface area contributed by atoms with E-state index in [0.29, 0.717) is 17.8 Å². The number of carbonyl (C=O) groups is 1. The summed E-state index contributed by atoms with van der Waals surface area (Å²) in [5.41, 5.74) is 1.35. The number of hydrogen-bond donors (Lipinski definition) is 2. The molecule has 1 fully saturated rings. The number of carboxylic acid groups (broad SMARTS) is 1. The van der Waals surface area contributed by atoms with Gasteiger partial charge in [-0.15, -0.1) is 0 Å². The Morgan fingerprint density at radius 2 is 2.32 bits per heavy atom. The largest absolute Gasteiger partial charge is 0.481 e. The van der Waals surface area contributed by atoms with Crippen molar-refractivity contribution in [3.63, 3.8) is 0 Å². The summed E-state index contributed by atoms with van der Waals surface area (Å²) in [6.45, 7) is 1.84. The first-order chi connectivity index (χ1) is 9.08. The van der Waals surface area contributed by atoms with Gasteiger partial charge in [0.1, 0.15) is 5.82 Å². The minimum atomic E-state index is -0.721. The van der Waals surface area contributed by atoms with E-state index in [9.17, 15) is 4.79 Å². The molecule has 19 heavy (non-hydrogen) atoms. The Hall–Kier alpha value is -2.09. The highest BCUT2D eigenvalue weighted by Crippen LogP contribution is 2.26. The quantitative estimate of drug-likeness (QED) is 0.870. The molecular weight excluding hydrogens is 242 g/mol. The van der Waals surface area contributed by atoms with Crippen molar-refractivity contribution < 1.29 is 9.90 Å². The molecule has 1 saturated carbocycles. The molecule has 1 aromatic heterocycles. The number of pyridine rings is 1. The lowest BCUT2D eigenvalue weighted by molar-refractivity contribution is -0.142. The Bertz CT molecular complexity index is 522. The first-order valence-electron chi connectivity index (χ1n) is 6.46. The molecule has 0 amide bonds. The predicted molar refractivity (Wildman–Crippen MR) is 70.7 cm³/mol. The summed E-state index contributed by atoms with van der Waals surface area (Å²) in [7, 11) is 0. The molecular formula is C14H17N3O2. The van der Waals surface area contributed by atoms with Gasteiger partial charge in [-0.1, -0.05) is 6.42 Å². The summed E-state index contributed by atoms with van der Waals surface area (Å²) in [6, 6.07) is 5.65. The van der Waals surface area contributed by atoms with E-state index in [0.717, 1.165) is 25.0 Å². The average molecular weight is 259 g/mol. The van der Waals surface area contributed by atoms with Crippen LogP contribution in [0.3, 0.4) is 0 Å².